The molecule has 0 radical (unpaired) electrons. The second-order valence-corrected chi connectivity index (χ2v) is 8.50. The van der Waals surface area contributed by atoms with E-state index >= 15 is 0 Å². The number of para-hydroxylation sites is 1. The van der Waals surface area contributed by atoms with Gasteiger partial charge in [0.2, 0.25) is 0 Å². The largest absolute Gasteiger partial charge is 0.309 e. The molecule has 0 unspecified atom stereocenters. The van der Waals surface area contributed by atoms with Crippen molar-refractivity contribution < 1.29 is 0 Å². The molecule has 1 heterocycles. The summed E-state index contributed by atoms with van der Waals surface area (Å²) in [6, 6.07) is 41.2. The van der Waals surface area contributed by atoms with Crippen molar-refractivity contribution >= 4 is 59.3 Å². The maximum atomic E-state index is 2.41. The summed E-state index contributed by atoms with van der Waals surface area (Å²) >= 11 is 1.86. The Morgan fingerprint density at radius 1 is 0.467 bits per heavy atom. The molecule has 6 aromatic rings. The van der Waals surface area contributed by atoms with Crippen LogP contribution in [0.15, 0.2) is 115 Å². The zero-order chi connectivity index (χ0) is 19.9. The fraction of sp³-hybridized carbons (Fsp3) is 0. The molecule has 1 aromatic heterocycles. The molecule has 142 valence electrons. The first-order chi connectivity index (χ1) is 14.9. The van der Waals surface area contributed by atoms with Gasteiger partial charge in [0.15, 0.2) is 0 Å². The van der Waals surface area contributed by atoms with Crippen LogP contribution in [0.5, 0.6) is 0 Å². The molecule has 0 saturated heterocycles. The summed E-state index contributed by atoms with van der Waals surface area (Å²) in [7, 11) is 0. The molecular weight excluding hydrogens is 382 g/mol. The van der Waals surface area contributed by atoms with E-state index in [9.17, 15) is 0 Å². The minimum absolute atomic E-state index is 1.16. The molecule has 2 heteroatoms. The molecule has 1 nitrogen and oxygen atoms in total. The highest BCUT2D eigenvalue weighted by Crippen LogP contribution is 2.45. The van der Waals surface area contributed by atoms with Crippen LogP contribution in [0, 0.1) is 0 Å². The summed E-state index contributed by atoms with van der Waals surface area (Å²) in [5.41, 5.74) is 3.58. The summed E-state index contributed by atoms with van der Waals surface area (Å²) < 4.78 is 2.64. The van der Waals surface area contributed by atoms with Gasteiger partial charge in [-0.2, -0.15) is 0 Å². The van der Waals surface area contributed by atoms with E-state index in [0.717, 1.165) is 5.69 Å². The van der Waals surface area contributed by atoms with Gasteiger partial charge in [-0.15, -0.1) is 11.3 Å². The topological polar surface area (TPSA) is 3.24 Å². The number of nitrogens with zero attached hydrogens (tertiary/aromatic N) is 1. The van der Waals surface area contributed by atoms with E-state index < -0.39 is 0 Å². The van der Waals surface area contributed by atoms with Gasteiger partial charge in [-0.25, -0.2) is 0 Å². The van der Waals surface area contributed by atoms with Gasteiger partial charge < -0.3 is 4.90 Å². The number of benzene rings is 5. The molecule has 0 aliphatic rings. The number of hydrogen-bond acceptors (Lipinski definition) is 2. The molecule has 5 aromatic carbocycles. The molecule has 0 saturated carbocycles. The normalized spacial score (nSPS) is 11.3. The van der Waals surface area contributed by atoms with Crippen molar-refractivity contribution in [3.05, 3.63) is 115 Å². The third kappa shape index (κ3) is 2.69. The molecule has 0 bridgehead atoms. The molecule has 6 rings (SSSR count). The Morgan fingerprint density at radius 2 is 1.10 bits per heavy atom. The standard InChI is InChI=1S/C28H19NS/c1-2-12-21(13-3-1)29(24-16-8-11-20-10-4-5-14-22(20)24)25-17-9-19-27-28(25)23-15-6-7-18-26(23)30-27/h1-19H. The van der Waals surface area contributed by atoms with Crippen LogP contribution >= 0.6 is 11.3 Å². The summed E-state index contributed by atoms with van der Waals surface area (Å²) in [5.74, 6) is 0. The van der Waals surface area contributed by atoms with Crippen LogP contribution < -0.4 is 4.90 Å². The summed E-state index contributed by atoms with van der Waals surface area (Å²) in [6.07, 6.45) is 0. The van der Waals surface area contributed by atoms with Crippen LogP contribution in [0.25, 0.3) is 30.9 Å². The lowest BCUT2D eigenvalue weighted by molar-refractivity contribution is 1.32. The van der Waals surface area contributed by atoms with Crippen molar-refractivity contribution in [3.8, 4) is 0 Å². The zero-order valence-electron chi connectivity index (χ0n) is 16.3. The molecule has 0 fully saturated rings. The van der Waals surface area contributed by atoms with Gasteiger partial charge >= 0.3 is 0 Å². The van der Waals surface area contributed by atoms with Gasteiger partial charge in [0.1, 0.15) is 0 Å². The monoisotopic (exact) mass is 401 g/mol. The van der Waals surface area contributed by atoms with Gasteiger partial charge in [-0.05, 0) is 41.8 Å². The smallest absolute Gasteiger partial charge is 0.0555 e. The Labute approximate surface area is 179 Å². The molecule has 0 N–H and O–H groups in total. The van der Waals surface area contributed by atoms with Crippen LogP contribution in [0.3, 0.4) is 0 Å². The Hall–Kier alpha value is -3.62. The molecule has 0 aliphatic carbocycles. The van der Waals surface area contributed by atoms with E-state index in [4.69, 9.17) is 0 Å². The van der Waals surface area contributed by atoms with Crippen molar-refractivity contribution in [1.82, 2.24) is 0 Å². The lowest BCUT2D eigenvalue weighted by atomic mass is 10.0. The van der Waals surface area contributed by atoms with Gasteiger partial charge in [0.25, 0.3) is 0 Å². The summed E-state index contributed by atoms with van der Waals surface area (Å²) in [4.78, 5) is 2.41. The highest BCUT2D eigenvalue weighted by molar-refractivity contribution is 7.26. The van der Waals surface area contributed by atoms with Crippen LogP contribution in [0.1, 0.15) is 0 Å². The second-order valence-electron chi connectivity index (χ2n) is 7.42. The quantitative estimate of drug-likeness (QED) is 0.287. The van der Waals surface area contributed by atoms with Crippen LogP contribution in [-0.2, 0) is 0 Å². The number of hydrogen-bond donors (Lipinski definition) is 0. The first kappa shape index (κ1) is 17.3. The Morgan fingerprint density at radius 3 is 2.00 bits per heavy atom. The maximum Gasteiger partial charge on any atom is 0.0555 e. The van der Waals surface area contributed by atoms with E-state index in [1.54, 1.807) is 0 Å². The van der Waals surface area contributed by atoms with Gasteiger partial charge in [0.05, 0.1) is 11.4 Å². The van der Waals surface area contributed by atoms with Crippen LogP contribution in [-0.4, -0.2) is 0 Å². The summed E-state index contributed by atoms with van der Waals surface area (Å²) in [6.45, 7) is 0. The number of fused-ring (bicyclic) bond motifs is 4. The minimum atomic E-state index is 1.16. The summed E-state index contributed by atoms with van der Waals surface area (Å²) in [5, 5.41) is 5.13. The number of rotatable bonds is 3. The van der Waals surface area contributed by atoms with Gasteiger partial charge in [0, 0.05) is 31.2 Å². The number of thiophene rings is 1. The van der Waals surface area contributed by atoms with Gasteiger partial charge in [-0.3, -0.25) is 0 Å². The van der Waals surface area contributed by atoms with Crippen molar-refractivity contribution in [1.29, 1.82) is 0 Å². The first-order valence-electron chi connectivity index (χ1n) is 10.1. The molecule has 0 aliphatic heterocycles. The van der Waals surface area contributed by atoms with E-state index in [1.165, 1.54) is 42.3 Å². The van der Waals surface area contributed by atoms with Crippen molar-refractivity contribution in [2.24, 2.45) is 0 Å². The fourth-order valence-electron chi connectivity index (χ4n) is 4.33. The Balaban J connectivity index is 1.73. The minimum Gasteiger partial charge on any atom is -0.309 e. The highest BCUT2D eigenvalue weighted by atomic mass is 32.1. The SMILES string of the molecule is c1ccc(N(c2cccc3ccccc23)c2cccc3sc4ccccc4c23)cc1. The molecule has 0 atom stereocenters. The second kappa shape index (κ2) is 7.01. The third-order valence-corrected chi connectivity index (χ3v) is 6.78. The molecular formula is C28H19NS. The number of anilines is 3. The molecule has 0 amide bonds. The third-order valence-electron chi connectivity index (χ3n) is 5.64. The lowest BCUT2D eigenvalue weighted by Crippen LogP contribution is -2.10. The van der Waals surface area contributed by atoms with Crippen LogP contribution in [0.4, 0.5) is 17.1 Å². The van der Waals surface area contributed by atoms with Crippen molar-refractivity contribution in [2.45, 2.75) is 0 Å². The molecule has 30 heavy (non-hydrogen) atoms. The maximum absolute atomic E-state index is 2.41. The first-order valence-corrected chi connectivity index (χ1v) is 10.9. The lowest BCUT2D eigenvalue weighted by Gasteiger charge is -2.27. The Kier molecular flexibility index (Phi) is 4.03. The van der Waals surface area contributed by atoms with E-state index in [0.29, 0.717) is 0 Å². The van der Waals surface area contributed by atoms with Crippen LogP contribution in [0.2, 0.25) is 0 Å². The molecule has 0 spiro atoms. The predicted molar refractivity (Wildman–Crippen MR) is 132 cm³/mol. The van der Waals surface area contributed by atoms with Crippen molar-refractivity contribution in [2.75, 3.05) is 4.90 Å². The average molecular weight is 402 g/mol. The van der Waals surface area contributed by atoms with Crippen molar-refractivity contribution in [3.63, 3.8) is 0 Å². The fourth-order valence-corrected chi connectivity index (χ4v) is 5.46. The van der Waals surface area contributed by atoms with Gasteiger partial charge in [-0.1, -0.05) is 78.9 Å². The Bertz CT molecular complexity index is 1490. The van der Waals surface area contributed by atoms with E-state index in [2.05, 4.69) is 120 Å². The van der Waals surface area contributed by atoms with E-state index in [-0.39, 0.29) is 0 Å². The predicted octanol–water partition coefficient (Wildman–Crippen LogP) is 8.68. The zero-order valence-corrected chi connectivity index (χ0v) is 17.1. The van der Waals surface area contributed by atoms with E-state index in [1.807, 2.05) is 11.3 Å². The average Bonchev–Trinajstić information content (AvgIpc) is 3.20. The highest BCUT2D eigenvalue weighted by Gasteiger charge is 2.19.